The van der Waals surface area contributed by atoms with Crippen LogP contribution in [0.1, 0.15) is 50.4 Å². The molecule has 1 saturated carbocycles. The van der Waals surface area contributed by atoms with Crippen molar-refractivity contribution in [2.75, 3.05) is 0 Å². The third-order valence-electron chi connectivity index (χ3n) is 3.96. The second-order valence-electron chi connectivity index (χ2n) is 5.46. The highest BCUT2D eigenvalue weighted by Crippen LogP contribution is 2.20. The molecule has 1 aromatic heterocycles. The molecule has 4 heteroatoms. The van der Waals surface area contributed by atoms with Gasteiger partial charge in [0.15, 0.2) is 5.75 Å². The summed E-state index contributed by atoms with van der Waals surface area (Å²) >= 11 is 0. The van der Waals surface area contributed by atoms with Crippen LogP contribution in [-0.2, 0) is 13.1 Å². The average molecular weight is 264 g/mol. The van der Waals surface area contributed by atoms with Gasteiger partial charge in [-0.1, -0.05) is 19.8 Å². The molecule has 19 heavy (non-hydrogen) atoms. The summed E-state index contributed by atoms with van der Waals surface area (Å²) in [5.74, 6) is -0.0930. The Hall–Kier alpha value is -1.29. The van der Waals surface area contributed by atoms with Gasteiger partial charge in [0.25, 0.3) is 0 Å². The van der Waals surface area contributed by atoms with E-state index in [1.165, 1.54) is 31.7 Å². The maximum absolute atomic E-state index is 11.7. The number of hydrogen-bond acceptors (Lipinski definition) is 3. The van der Waals surface area contributed by atoms with Gasteiger partial charge >= 0.3 is 0 Å². The van der Waals surface area contributed by atoms with Crippen molar-refractivity contribution in [1.29, 1.82) is 0 Å². The third-order valence-corrected chi connectivity index (χ3v) is 3.96. The molecule has 2 N–H and O–H groups in total. The molecular formula is C15H24N2O2. The second kappa shape index (κ2) is 6.24. The minimum absolute atomic E-state index is 0.0930. The first-order valence-electron chi connectivity index (χ1n) is 7.29. The van der Waals surface area contributed by atoms with Gasteiger partial charge in [-0.25, -0.2) is 0 Å². The van der Waals surface area contributed by atoms with Crippen molar-refractivity contribution in [2.45, 2.75) is 65.1 Å². The van der Waals surface area contributed by atoms with Crippen molar-refractivity contribution < 1.29 is 5.11 Å². The molecule has 0 amide bonds. The lowest BCUT2D eigenvalue weighted by Crippen LogP contribution is -2.28. The predicted molar refractivity (Wildman–Crippen MR) is 76.5 cm³/mol. The molecule has 1 aliphatic carbocycles. The van der Waals surface area contributed by atoms with Crippen molar-refractivity contribution >= 4 is 0 Å². The van der Waals surface area contributed by atoms with Crippen LogP contribution in [0, 0.1) is 6.92 Å². The van der Waals surface area contributed by atoms with E-state index >= 15 is 0 Å². The molecule has 2 rings (SSSR count). The van der Waals surface area contributed by atoms with E-state index in [9.17, 15) is 9.90 Å². The molecule has 1 heterocycles. The van der Waals surface area contributed by atoms with E-state index in [1.807, 2.05) is 6.92 Å². The molecule has 0 atom stereocenters. The van der Waals surface area contributed by atoms with Gasteiger partial charge < -0.3 is 15.0 Å². The summed E-state index contributed by atoms with van der Waals surface area (Å²) < 4.78 is 2.05. The first-order valence-corrected chi connectivity index (χ1v) is 7.29. The van der Waals surface area contributed by atoms with Gasteiger partial charge in [0.2, 0.25) is 5.43 Å². The van der Waals surface area contributed by atoms with E-state index in [-0.39, 0.29) is 11.2 Å². The zero-order chi connectivity index (χ0) is 13.8. The van der Waals surface area contributed by atoms with E-state index in [0.29, 0.717) is 12.6 Å². The first-order chi connectivity index (χ1) is 9.13. The summed E-state index contributed by atoms with van der Waals surface area (Å²) in [6.45, 7) is 5.44. The summed E-state index contributed by atoms with van der Waals surface area (Å²) in [5, 5.41) is 13.5. The van der Waals surface area contributed by atoms with Crippen LogP contribution in [0.3, 0.4) is 0 Å². The Kier molecular flexibility index (Phi) is 4.64. The molecule has 0 radical (unpaired) electrons. The van der Waals surface area contributed by atoms with Gasteiger partial charge in [-0.05, 0) is 26.2 Å². The molecular weight excluding hydrogens is 240 g/mol. The molecule has 0 saturated heterocycles. The average Bonchev–Trinajstić information content (AvgIpc) is 2.88. The Balaban J connectivity index is 2.22. The van der Waals surface area contributed by atoms with Gasteiger partial charge in [0, 0.05) is 30.9 Å². The van der Waals surface area contributed by atoms with Gasteiger partial charge in [-0.3, -0.25) is 4.79 Å². The molecule has 0 unspecified atom stereocenters. The number of rotatable bonds is 5. The second-order valence-corrected chi connectivity index (χ2v) is 5.46. The largest absolute Gasteiger partial charge is 0.503 e. The molecule has 0 aliphatic heterocycles. The van der Waals surface area contributed by atoms with Crippen LogP contribution >= 0.6 is 0 Å². The fraction of sp³-hybridized carbons (Fsp3) is 0.667. The number of nitrogens with zero attached hydrogens (tertiary/aromatic N) is 1. The number of hydrogen-bond donors (Lipinski definition) is 2. The van der Waals surface area contributed by atoms with Crippen LogP contribution in [0.15, 0.2) is 10.9 Å². The highest BCUT2D eigenvalue weighted by Gasteiger charge is 2.17. The van der Waals surface area contributed by atoms with Crippen LogP contribution in [0.4, 0.5) is 0 Å². The van der Waals surface area contributed by atoms with Gasteiger partial charge in [0.05, 0.1) is 5.69 Å². The van der Waals surface area contributed by atoms with E-state index in [4.69, 9.17) is 0 Å². The van der Waals surface area contributed by atoms with Crippen molar-refractivity contribution in [3.05, 3.63) is 27.7 Å². The lowest BCUT2D eigenvalue weighted by atomic mass is 10.2. The predicted octanol–water partition coefficient (Wildman–Crippen LogP) is 2.30. The van der Waals surface area contributed by atoms with Crippen LogP contribution in [-0.4, -0.2) is 15.7 Å². The smallest absolute Gasteiger partial charge is 0.223 e. The van der Waals surface area contributed by atoms with Crippen molar-refractivity contribution in [1.82, 2.24) is 9.88 Å². The fourth-order valence-corrected chi connectivity index (χ4v) is 2.90. The molecule has 4 nitrogen and oxygen atoms in total. The Bertz CT molecular complexity index is 488. The van der Waals surface area contributed by atoms with Crippen molar-refractivity contribution in [3.8, 4) is 5.75 Å². The highest BCUT2D eigenvalue weighted by atomic mass is 16.3. The number of nitrogens with one attached hydrogen (secondary N) is 1. The molecule has 106 valence electrons. The first kappa shape index (κ1) is 14.1. The summed E-state index contributed by atoms with van der Waals surface area (Å²) in [4.78, 5) is 11.7. The quantitative estimate of drug-likeness (QED) is 0.858. The summed E-state index contributed by atoms with van der Waals surface area (Å²) in [6.07, 6.45) is 5.94. The maximum Gasteiger partial charge on any atom is 0.223 e. The lowest BCUT2D eigenvalue weighted by molar-refractivity contribution is 0.428. The highest BCUT2D eigenvalue weighted by molar-refractivity contribution is 5.29. The van der Waals surface area contributed by atoms with Crippen LogP contribution in [0.2, 0.25) is 0 Å². The van der Waals surface area contributed by atoms with Crippen LogP contribution < -0.4 is 10.7 Å². The van der Waals surface area contributed by atoms with E-state index in [2.05, 4.69) is 16.8 Å². The zero-order valence-corrected chi connectivity index (χ0v) is 11.9. The number of aryl methyl sites for hydroxylation is 1. The van der Waals surface area contributed by atoms with Crippen LogP contribution in [0.25, 0.3) is 0 Å². The normalized spacial score (nSPS) is 16.1. The van der Waals surface area contributed by atoms with Crippen molar-refractivity contribution in [2.24, 2.45) is 0 Å². The maximum atomic E-state index is 11.7. The molecule has 0 bridgehead atoms. The Morgan fingerprint density at radius 2 is 2.11 bits per heavy atom. The molecule has 1 aliphatic rings. The minimum Gasteiger partial charge on any atom is -0.503 e. The monoisotopic (exact) mass is 264 g/mol. The Morgan fingerprint density at radius 1 is 1.42 bits per heavy atom. The molecule has 0 aromatic carbocycles. The molecule has 1 aromatic rings. The molecule has 0 spiro atoms. The third kappa shape index (κ3) is 3.18. The number of aromatic nitrogens is 1. The Morgan fingerprint density at radius 3 is 2.74 bits per heavy atom. The topological polar surface area (TPSA) is 54.3 Å². The summed E-state index contributed by atoms with van der Waals surface area (Å²) in [7, 11) is 0. The van der Waals surface area contributed by atoms with Crippen molar-refractivity contribution in [3.63, 3.8) is 0 Å². The number of pyridine rings is 1. The van der Waals surface area contributed by atoms with E-state index < -0.39 is 0 Å². The number of aromatic hydroxyl groups is 1. The standard InChI is InChI=1S/C15H24N2O2/c1-3-8-17-11(2)9-14(18)15(19)13(17)10-16-12-6-4-5-7-12/h9,12,16,19H,3-8,10H2,1-2H3. The Labute approximate surface area is 114 Å². The molecule has 1 fully saturated rings. The van der Waals surface area contributed by atoms with E-state index in [0.717, 1.165) is 24.4 Å². The van der Waals surface area contributed by atoms with E-state index in [1.54, 1.807) is 0 Å². The fourth-order valence-electron chi connectivity index (χ4n) is 2.90. The van der Waals surface area contributed by atoms with Gasteiger partial charge in [-0.15, -0.1) is 0 Å². The minimum atomic E-state index is -0.270. The SMILES string of the molecule is CCCn1c(C)cc(=O)c(O)c1CNC1CCCC1. The summed E-state index contributed by atoms with van der Waals surface area (Å²) in [5.41, 5.74) is 1.39. The lowest BCUT2D eigenvalue weighted by Gasteiger charge is -2.19. The van der Waals surface area contributed by atoms with Gasteiger partial charge in [0.1, 0.15) is 0 Å². The van der Waals surface area contributed by atoms with Gasteiger partial charge in [-0.2, -0.15) is 0 Å². The summed E-state index contributed by atoms with van der Waals surface area (Å²) in [6, 6.07) is 2.05. The van der Waals surface area contributed by atoms with Crippen LogP contribution in [0.5, 0.6) is 5.75 Å². The zero-order valence-electron chi connectivity index (χ0n) is 11.9.